The van der Waals surface area contributed by atoms with E-state index in [4.69, 9.17) is 0 Å². The lowest BCUT2D eigenvalue weighted by atomic mass is 10.1. The van der Waals surface area contributed by atoms with E-state index in [-0.39, 0.29) is 24.3 Å². The van der Waals surface area contributed by atoms with Gasteiger partial charge in [0.2, 0.25) is 5.95 Å². The molecule has 4 aromatic rings. The molecule has 3 aromatic heterocycles. The highest BCUT2D eigenvalue weighted by molar-refractivity contribution is 5.85. The minimum atomic E-state index is -0.273. The van der Waals surface area contributed by atoms with Crippen LogP contribution in [-0.4, -0.2) is 29.5 Å². The van der Waals surface area contributed by atoms with E-state index in [0.717, 1.165) is 11.3 Å². The molecule has 0 aliphatic heterocycles. The van der Waals surface area contributed by atoms with Crippen LogP contribution in [0.15, 0.2) is 61.4 Å². The molecular formula is C20H20ClFN8. The fourth-order valence-electron chi connectivity index (χ4n) is 2.77. The molecular weight excluding hydrogens is 407 g/mol. The first-order valence-corrected chi connectivity index (χ1v) is 9.02. The van der Waals surface area contributed by atoms with Gasteiger partial charge in [-0.2, -0.15) is 9.97 Å². The average Bonchev–Trinajstić information content (AvgIpc) is 3.15. The van der Waals surface area contributed by atoms with Gasteiger partial charge in [0.25, 0.3) is 0 Å². The van der Waals surface area contributed by atoms with Crippen LogP contribution in [0.4, 0.5) is 22.0 Å². The van der Waals surface area contributed by atoms with Crippen LogP contribution in [0.25, 0.3) is 5.82 Å². The fourth-order valence-corrected chi connectivity index (χ4v) is 2.77. The molecule has 2 N–H and O–H groups in total. The summed E-state index contributed by atoms with van der Waals surface area (Å²) in [6.07, 6.45) is 8.37. The number of rotatable bonds is 6. The molecule has 10 heteroatoms. The number of anilines is 3. The smallest absolute Gasteiger partial charge is 0.227 e. The quantitative estimate of drug-likeness (QED) is 0.476. The Balaban J connectivity index is 0.00000256. The van der Waals surface area contributed by atoms with Crippen molar-refractivity contribution < 1.29 is 4.39 Å². The second kappa shape index (κ2) is 9.27. The highest BCUT2D eigenvalue weighted by Crippen LogP contribution is 2.21. The predicted molar refractivity (Wildman–Crippen MR) is 115 cm³/mol. The first-order chi connectivity index (χ1) is 14.1. The van der Waals surface area contributed by atoms with Crippen molar-refractivity contribution in [2.75, 3.05) is 10.6 Å². The van der Waals surface area contributed by atoms with E-state index in [9.17, 15) is 4.39 Å². The zero-order valence-electron chi connectivity index (χ0n) is 16.3. The van der Waals surface area contributed by atoms with Gasteiger partial charge in [-0.05, 0) is 31.5 Å². The molecule has 0 aliphatic carbocycles. The van der Waals surface area contributed by atoms with Crippen LogP contribution >= 0.6 is 12.4 Å². The summed E-state index contributed by atoms with van der Waals surface area (Å²) in [5.41, 5.74) is 1.79. The summed E-state index contributed by atoms with van der Waals surface area (Å²) < 4.78 is 15.0. The van der Waals surface area contributed by atoms with Crippen molar-refractivity contribution in [2.45, 2.75) is 19.9 Å². The number of hydrogen-bond donors (Lipinski definition) is 2. The molecule has 0 aliphatic rings. The van der Waals surface area contributed by atoms with E-state index in [1.54, 1.807) is 43.1 Å². The number of hydrogen-bond acceptors (Lipinski definition) is 7. The SMILES string of the molecule is Cc1cn(-c2cc(Nc3cnccn3)nc(N[C@@H](C)c3ccc(F)cc3)n2)cn1.Cl. The monoisotopic (exact) mass is 426 g/mol. The van der Waals surface area contributed by atoms with Gasteiger partial charge in [-0.3, -0.25) is 9.55 Å². The molecule has 4 rings (SSSR count). The highest BCUT2D eigenvalue weighted by Gasteiger charge is 2.12. The second-order valence-electron chi connectivity index (χ2n) is 6.49. The highest BCUT2D eigenvalue weighted by atomic mass is 35.5. The number of aryl methyl sites for hydroxylation is 1. The van der Waals surface area contributed by atoms with Gasteiger partial charge < -0.3 is 10.6 Å². The average molecular weight is 427 g/mol. The van der Waals surface area contributed by atoms with Crippen LogP contribution in [0, 0.1) is 12.7 Å². The van der Waals surface area contributed by atoms with E-state index in [2.05, 4.69) is 35.6 Å². The number of nitrogens with one attached hydrogen (secondary N) is 2. The number of imidazole rings is 1. The third-order valence-corrected chi connectivity index (χ3v) is 4.22. The number of benzene rings is 1. The first-order valence-electron chi connectivity index (χ1n) is 9.02. The van der Waals surface area contributed by atoms with Gasteiger partial charge >= 0.3 is 0 Å². The number of aromatic nitrogens is 6. The molecule has 0 fully saturated rings. The van der Waals surface area contributed by atoms with E-state index >= 15 is 0 Å². The molecule has 1 aromatic carbocycles. The summed E-state index contributed by atoms with van der Waals surface area (Å²) >= 11 is 0. The Morgan fingerprint density at radius 2 is 1.83 bits per heavy atom. The van der Waals surface area contributed by atoms with Gasteiger partial charge in [0.15, 0.2) is 0 Å². The molecule has 0 unspecified atom stereocenters. The van der Waals surface area contributed by atoms with Crippen molar-refractivity contribution in [3.05, 3.63) is 78.5 Å². The van der Waals surface area contributed by atoms with E-state index in [1.807, 2.05) is 24.6 Å². The molecule has 154 valence electrons. The Labute approximate surface area is 179 Å². The zero-order chi connectivity index (χ0) is 20.2. The van der Waals surface area contributed by atoms with Crippen molar-refractivity contribution in [3.8, 4) is 5.82 Å². The van der Waals surface area contributed by atoms with Crippen LogP contribution in [-0.2, 0) is 0 Å². The van der Waals surface area contributed by atoms with Gasteiger partial charge in [-0.15, -0.1) is 12.4 Å². The molecule has 0 amide bonds. The van der Waals surface area contributed by atoms with Crippen molar-refractivity contribution in [3.63, 3.8) is 0 Å². The number of nitrogens with zero attached hydrogens (tertiary/aromatic N) is 6. The van der Waals surface area contributed by atoms with Crippen molar-refractivity contribution in [1.29, 1.82) is 0 Å². The van der Waals surface area contributed by atoms with Crippen LogP contribution in [0.5, 0.6) is 0 Å². The van der Waals surface area contributed by atoms with Gasteiger partial charge in [0.05, 0.1) is 17.9 Å². The summed E-state index contributed by atoms with van der Waals surface area (Å²) in [5.74, 6) is 1.90. The summed E-state index contributed by atoms with van der Waals surface area (Å²) in [5, 5.41) is 6.40. The Bertz CT molecular complexity index is 1100. The molecule has 8 nitrogen and oxygen atoms in total. The lowest BCUT2D eigenvalue weighted by Gasteiger charge is -2.16. The van der Waals surface area contributed by atoms with Crippen LogP contribution in [0.2, 0.25) is 0 Å². The summed E-state index contributed by atoms with van der Waals surface area (Å²) in [6.45, 7) is 3.87. The Morgan fingerprint density at radius 3 is 2.50 bits per heavy atom. The second-order valence-corrected chi connectivity index (χ2v) is 6.49. The summed E-state index contributed by atoms with van der Waals surface area (Å²) in [6, 6.07) is 7.99. The Kier molecular flexibility index (Phi) is 6.53. The van der Waals surface area contributed by atoms with Crippen LogP contribution < -0.4 is 10.6 Å². The largest absolute Gasteiger partial charge is 0.348 e. The normalized spacial score (nSPS) is 11.4. The molecule has 0 saturated carbocycles. The first kappa shape index (κ1) is 21.1. The van der Waals surface area contributed by atoms with Gasteiger partial charge in [-0.25, -0.2) is 14.4 Å². The topological polar surface area (TPSA) is 93.4 Å². The maximum atomic E-state index is 13.2. The zero-order valence-corrected chi connectivity index (χ0v) is 17.1. The predicted octanol–water partition coefficient (Wildman–Crippen LogP) is 4.24. The maximum absolute atomic E-state index is 13.2. The maximum Gasteiger partial charge on any atom is 0.227 e. The van der Waals surface area contributed by atoms with Crippen molar-refractivity contribution in [2.24, 2.45) is 0 Å². The lowest BCUT2D eigenvalue weighted by Crippen LogP contribution is -2.12. The van der Waals surface area contributed by atoms with Crippen LogP contribution in [0.3, 0.4) is 0 Å². The lowest BCUT2D eigenvalue weighted by molar-refractivity contribution is 0.626. The summed E-state index contributed by atoms with van der Waals surface area (Å²) in [4.78, 5) is 21.7. The molecule has 0 radical (unpaired) electrons. The summed E-state index contributed by atoms with van der Waals surface area (Å²) in [7, 11) is 0. The minimum absolute atomic E-state index is 0. The molecule has 0 saturated heterocycles. The third kappa shape index (κ3) is 5.06. The molecule has 3 heterocycles. The molecule has 0 spiro atoms. The Hall–Kier alpha value is -3.59. The molecule has 1 atom stereocenters. The molecule has 30 heavy (non-hydrogen) atoms. The molecule has 0 bridgehead atoms. The number of halogens is 2. The van der Waals surface area contributed by atoms with Gasteiger partial charge in [-0.1, -0.05) is 12.1 Å². The van der Waals surface area contributed by atoms with Crippen LogP contribution in [0.1, 0.15) is 24.2 Å². The van der Waals surface area contributed by atoms with Gasteiger partial charge in [0, 0.05) is 24.7 Å². The fraction of sp³-hybridized carbons (Fsp3) is 0.150. The minimum Gasteiger partial charge on any atom is -0.348 e. The van der Waals surface area contributed by atoms with E-state index in [0.29, 0.717) is 23.4 Å². The Morgan fingerprint density at radius 1 is 1.03 bits per heavy atom. The standard InChI is InChI=1S/C20H19FN8.ClH/c1-13-11-29(12-24-13)19-9-17(26-18-10-22-7-8-23-18)27-20(28-19)25-14(2)15-3-5-16(21)6-4-15;/h3-12,14H,1-2H3,(H2,23,25,26,27,28);1H/t14-;/m0./s1. The van der Waals surface area contributed by atoms with Crippen molar-refractivity contribution in [1.82, 2.24) is 29.5 Å². The van der Waals surface area contributed by atoms with Gasteiger partial charge in [0.1, 0.15) is 29.6 Å². The van der Waals surface area contributed by atoms with E-state index in [1.165, 1.54) is 12.1 Å². The van der Waals surface area contributed by atoms with E-state index < -0.39 is 0 Å². The van der Waals surface area contributed by atoms with Crippen molar-refractivity contribution >= 4 is 30.0 Å². The third-order valence-electron chi connectivity index (χ3n) is 4.22.